The second-order valence-corrected chi connectivity index (χ2v) is 8.21. The van der Waals surface area contributed by atoms with Crippen LogP contribution in [0.15, 0.2) is 29.3 Å². The fourth-order valence-corrected chi connectivity index (χ4v) is 4.00. The highest BCUT2D eigenvalue weighted by atomic mass is 16.5. The van der Waals surface area contributed by atoms with E-state index in [1.807, 2.05) is 7.05 Å². The van der Waals surface area contributed by atoms with E-state index in [-0.39, 0.29) is 0 Å². The summed E-state index contributed by atoms with van der Waals surface area (Å²) < 4.78 is 5.51. The van der Waals surface area contributed by atoms with Crippen LogP contribution in [-0.2, 0) is 4.74 Å². The molecule has 150 valence electrons. The average Bonchev–Trinajstić information content (AvgIpc) is 3.20. The van der Waals surface area contributed by atoms with E-state index in [1.165, 1.54) is 50.0 Å². The third kappa shape index (κ3) is 6.22. The molecule has 0 amide bonds. The molecule has 2 aliphatic heterocycles. The molecule has 3 rings (SSSR count). The zero-order chi connectivity index (χ0) is 19.1. The quantitative estimate of drug-likeness (QED) is 0.595. The number of likely N-dealkylation sites (tertiary alicyclic amines) is 1. The van der Waals surface area contributed by atoms with Crippen LogP contribution < -0.4 is 10.6 Å². The molecule has 0 spiro atoms. The molecule has 27 heavy (non-hydrogen) atoms. The Kier molecular flexibility index (Phi) is 7.53. The molecule has 5 nitrogen and oxygen atoms in total. The van der Waals surface area contributed by atoms with Gasteiger partial charge in [-0.2, -0.15) is 0 Å². The number of hydrogen-bond donors (Lipinski definition) is 2. The maximum absolute atomic E-state index is 5.51. The van der Waals surface area contributed by atoms with Crippen LogP contribution in [0.2, 0.25) is 0 Å². The molecule has 0 radical (unpaired) electrons. The first-order valence-corrected chi connectivity index (χ1v) is 10.5. The molecule has 0 bridgehead atoms. The first kappa shape index (κ1) is 20.2. The van der Waals surface area contributed by atoms with Crippen molar-refractivity contribution in [1.82, 2.24) is 15.5 Å². The Bertz CT molecular complexity index is 587. The molecule has 0 aromatic heterocycles. The van der Waals surface area contributed by atoms with E-state index >= 15 is 0 Å². The molecule has 2 fully saturated rings. The van der Waals surface area contributed by atoms with Gasteiger partial charge in [-0.15, -0.1) is 0 Å². The molecule has 2 N–H and O–H groups in total. The fourth-order valence-electron chi connectivity index (χ4n) is 4.00. The Morgan fingerprint density at radius 1 is 1.22 bits per heavy atom. The van der Waals surface area contributed by atoms with E-state index in [0.29, 0.717) is 12.0 Å². The highest BCUT2D eigenvalue weighted by Gasteiger charge is 2.24. The minimum atomic E-state index is 0.458. The summed E-state index contributed by atoms with van der Waals surface area (Å²) in [4.78, 5) is 7.03. The van der Waals surface area contributed by atoms with Crippen molar-refractivity contribution in [3.63, 3.8) is 0 Å². The van der Waals surface area contributed by atoms with Crippen LogP contribution in [0.1, 0.15) is 43.2 Å². The van der Waals surface area contributed by atoms with Gasteiger partial charge in [-0.3, -0.25) is 4.99 Å². The fraction of sp³-hybridized carbons (Fsp3) is 0.682. The lowest BCUT2D eigenvalue weighted by molar-refractivity contribution is 0.150. The number of aryl methyl sites for hydroxylation is 1. The van der Waals surface area contributed by atoms with Crippen LogP contribution in [0.5, 0.6) is 0 Å². The van der Waals surface area contributed by atoms with Gasteiger partial charge in [0.25, 0.3) is 0 Å². The number of nitrogens with zero attached hydrogens (tertiary/aromatic N) is 2. The Morgan fingerprint density at radius 3 is 2.59 bits per heavy atom. The Labute approximate surface area is 164 Å². The third-order valence-corrected chi connectivity index (χ3v) is 5.91. The minimum absolute atomic E-state index is 0.458. The van der Waals surface area contributed by atoms with Gasteiger partial charge in [0, 0.05) is 45.9 Å². The Morgan fingerprint density at radius 2 is 1.96 bits per heavy atom. The van der Waals surface area contributed by atoms with Crippen molar-refractivity contribution >= 4 is 5.96 Å². The number of ether oxygens (including phenoxy) is 1. The standard InChI is InChI=1S/C22H36N4O/c1-17-4-6-20(7-5-17)18(2)14-24-22(23-3)25-21-8-11-26(12-9-21)15-19-10-13-27-16-19/h4-7,18-19,21H,8-16H2,1-3H3,(H2,23,24,25). The molecule has 2 unspecified atom stereocenters. The number of piperidine rings is 1. The van der Waals surface area contributed by atoms with E-state index in [2.05, 4.69) is 58.6 Å². The monoisotopic (exact) mass is 372 g/mol. The van der Waals surface area contributed by atoms with Gasteiger partial charge in [-0.25, -0.2) is 0 Å². The molecule has 2 saturated heterocycles. The smallest absolute Gasteiger partial charge is 0.191 e. The summed E-state index contributed by atoms with van der Waals surface area (Å²) in [6, 6.07) is 9.34. The maximum atomic E-state index is 5.51. The molecule has 5 heteroatoms. The van der Waals surface area contributed by atoms with E-state index in [9.17, 15) is 0 Å². The van der Waals surface area contributed by atoms with Crippen LogP contribution in [0.3, 0.4) is 0 Å². The van der Waals surface area contributed by atoms with E-state index in [4.69, 9.17) is 4.74 Å². The topological polar surface area (TPSA) is 48.9 Å². The highest BCUT2D eigenvalue weighted by Crippen LogP contribution is 2.18. The predicted octanol–water partition coefficient (Wildman–Crippen LogP) is 2.76. The molecular weight excluding hydrogens is 336 g/mol. The molecule has 2 atom stereocenters. The lowest BCUT2D eigenvalue weighted by Gasteiger charge is -2.34. The normalized spacial score (nSPS) is 23.4. The Hall–Kier alpha value is -1.59. The molecule has 0 saturated carbocycles. The summed E-state index contributed by atoms with van der Waals surface area (Å²) in [6.07, 6.45) is 3.59. The van der Waals surface area contributed by atoms with Crippen molar-refractivity contribution in [3.8, 4) is 0 Å². The van der Waals surface area contributed by atoms with E-state index in [0.717, 1.165) is 31.6 Å². The molecule has 2 heterocycles. The SMILES string of the molecule is CN=C(NCC(C)c1ccc(C)cc1)NC1CCN(CC2CCOC2)CC1. The predicted molar refractivity (Wildman–Crippen MR) is 112 cm³/mol. The van der Waals surface area contributed by atoms with Gasteiger partial charge < -0.3 is 20.3 Å². The number of rotatable bonds is 6. The van der Waals surface area contributed by atoms with Crippen LogP contribution in [-0.4, -0.2) is 63.3 Å². The second kappa shape index (κ2) is 10.1. The van der Waals surface area contributed by atoms with Gasteiger partial charge in [0.05, 0.1) is 6.61 Å². The Balaban J connectivity index is 1.38. The van der Waals surface area contributed by atoms with Crippen LogP contribution >= 0.6 is 0 Å². The van der Waals surface area contributed by atoms with Gasteiger partial charge in [-0.1, -0.05) is 36.8 Å². The van der Waals surface area contributed by atoms with E-state index < -0.39 is 0 Å². The molecule has 2 aliphatic rings. The number of nitrogens with one attached hydrogen (secondary N) is 2. The molecule has 1 aromatic carbocycles. The zero-order valence-corrected chi connectivity index (χ0v) is 17.2. The van der Waals surface area contributed by atoms with Crippen molar-refractivity contribution in [2.24, 2.45) is 10.9 Å². The number of aliphatic imine (C=N–C) groups is 1. The number of guanidine groups is 1. The number of hydrogen-bond acceptors (Lipinski definition) is 3. The van der Waals surface area contributed by atoms with Crippen LogP contribution in [0.25, 0.3) is 0 Å². The lowest BCUT2D eigenvalue weighted by Crippen LogP contribution is -2.49. The van der Waals surface area contributed by atoms with E-state index in [1.54, 1.807) is 0 Å². The third-order valence-electron chi connectivity index (χ3n) is 5.91. The summed E-state index contributed by atoms with van der Waals surface area (Å²) in [7, 11) is 1.86. The zero-order valence-electron chi connectivity index (χ0n) is 17.2. The average molecular weight is 373 g/mol. The van der Waals surface area contributed by atoms with Crippen LogP contribution in [0, 0.1) is 12.8 Å². The van der Waals surface area contributed by atoms with Crippen LogP contribution in [0.4, 0.5) is 0 Å². The largest absolute Gasteiger partial charge is 0.381 e. The summed E-state index contributed by atoms with van der Waals surface area (Å²) in [5.41, 5.74) is 2.68. The summed E-state index contributed by atoms with van der Waals surface area (Å²) >= 11 is 0. The van der Waals surface area contributed by atoms with Gasteiger partial charge in [0.2, 0.25) is 0 Å². The van der Waals surface area contributed by atoms with Crippen molar-refractivity contribution in [2.75, 3.05) is 46.4 Å². The van der Waals surface area contributed by atoms with Gasteiger partial charge in [-0.05, 0) is 43.6 Å². The van der Waals surface area contributed by atoms with Gasteiger partial charge >= 0.3 is 0 Å². The van der Waals surface area contributed by atoms with Crippen molar-refractivity contribution in [2.45, 2.75) is 45.1 Å². The van der Waals surface area contributed by atoms with Gasteiger partial charge in [0.15, 0.2) is 5.96 Å². The molecular formula is C22H36N4O. The summed E-state index contributed by atoms with van der Waals surface area (Å²) in [5.74, 6) is 2.13. The first-order chi connectivity index (χ1) is 13.1. The maximum Gasteiger partial charge on any atom is 0.191 e. The van der Waals surface area contributed by atoms with Gasteiger partial charge in [0.1, 0.15) is 0 Å². The molecule has 0 aliphatic carbocycles. The summed E-state index contributed by atoms with van der Waals surface area (Å²) in [6.45, 7) is 10.7. The van der Waals surface area contributed by atoms with Crippen molar-refractivity contribution in [3.05, 3.63) is 35.4 Å². The van der Waals surface area contributed by atoms with Crippen molar-refractivity contribution in [1.29, 1.82) is 0 Å². The summed E-state index contributed by atoms with van der Waals surface area (Å²) in [5, 5.41) is 7.13. The molecule has 1 aromatic rings. The minimum Gasteiger partial charge on any atom is -0.381 e. The lowest BCUT2D eigenvalue weighted by atomic mass is 10.00. The van der Waals surface area contributed by atoms with Crippen molar-refractivity contribution < 1.29 is 4.74 Å². The highest BCUT2D eigenvalue weighted by molar-refractivity contribution is 5.80. The second-order valence-electron chi connectivity index (χ2n) is 8.21. The number of benzene rings is 1. The first-order valence-electron chi connectivity index (χ1n) is 10.5.